The molecule has 1 aromatic heterocycles. The van der Waals surface area contributed by atoms with Crippen molar-refractivity contribution in [3.8, 4) is 0 Å². The average molecular weight is 578 g/mol. The van der Waals surface area contributed by atoms with Gasteiger partial charge >= 0.3 is 11.7 Å². The first-order chi connectivity index (χ1) is 19.0. The van der Waals surface area contributed by atoms with Crippen LogP contribution < -0.4 is 11.2 Å². The Morgan fingerprint density at radius 1 is 1.20 bits per heavy atom. The maximum absolute atomic E-state index is 12.7. The van der Waals surface area contributed by atoms with Crippen molar-refractivity contribution in [2.24, 2.45) is 5.41 Å². The third-order valence-corrected chi connectivity index (χ3v) is 9.41. The van der Waals surface area contributed by atoms with Gasteiger partial charge in [0.15, 0.2) is 13.0 Å². The summed E-state index contributed by atoms with van der Waals surface area (Å²) in [4.78, 5) is 39.0. The van der Waals surface area contributed by atoms with Crippen LogP contribution in [0, 0.1) is 5.41 Å². The number of rotatable bonds is 8. The highest BCUT2D eigenvalue weighted by Gasteiger charge is 2.58. The van der Waals surface area contributed by atoms with Crippen molar-refractivity contribution in [2.45, 2.75) is 76.7 Å². The van der Waals surface area contributed by atoms with Crippen LogP contribution in [0.1, 0.15) is 52.3 Å². The minimum atomic E-state index is -1.60. The number of ether oxygens (including phenoxy) is 3. The first-order valence-electron chi connectivity index (χ1n) is 13.4. The number of aliphatic hydroxyl groups excluding tert-OH is 1. The van der Waals surface area contributed by atoms with Crippen molar-refractivity contribution in [2.75, 3.05) is 19.9 Å². The number of carbonyl (C=O) groups is 1. The molecule has 3 saturated heterocycles. The molecule has 0 saturated carbocycles. The zero-order valence-corrected chi connectivity index (χ0v) is 23.9. The fourth-order valence-corrected chi connectivity index (χ4v) is 7.53. The molecule has 5 rings (SSSR count). The van der Waals surface area contributed by atoms with Gasteiger partial charge in [-0.1, -0.05) is 30.3 Å². The molecule has 13 heteroatoms. The zero-order valence-electron chi connectivity index (χ0n) is 23.0. The van der Waals surface area contributed by atoms with E-state index in [-0.39, 0.29) is 6.04 Å². The van der Waals surface area contributed by atoms with Crippen molar-refractivity contribution >= 4 is 14.5 Å². The highest BCUT2D eigenvalue weighted by molar-refractivity contribution is 7.45. The van der Waals surface area contributed by atoms with Crippen molar-refractivity contribution in [3.63, 3.8) is 0 Å². The molecule has 7 atom stereocenters. The van der Waals surface area contributed by atoms with E-state index in [0.29, 0.717) is 0 Å². The van der Waals surface area contributed by atoms with E-state index >= 15 is 0 Å². The van der Waals surface area contributed by atoms with E-state index < -0.39 is 74.7 Å². The second kappa shape index (κ2) is 11.4. The van der Waals surface area contributed by atoms with Gasteiger partial charge in [0, 0.05) is 18.8 Å². The fraction of sp³-hybridized carbons (Fsp3) is 0.593. The lowest BCUT2D eigenvalue weighted by Gasteiger charge is -2.29. The van der Waals surface area contributed by atoms with Gasteiger partial charge in [0.05, 0.1) is 18.1 Å². The van der Waals surface area contributed by atoms with Crippen LogP contribution in [0.25, 0.3) is 0 Å². The Morgan fingerprint density at radius 3 is 2.62 bits per heavy atom. The quantitative estimate of drug-likeness (QED) is 0.273. The molecule has 0 amide bonds. The van der Waals surface area contributed by atoms with Gasteiger partial charge in [-0.05, 0) is 46.1 Å². The van der Waals surface area contributed by atoms with Crippen LogP contribution in [0.3, 0.4) is 0 Å². The summed E-state index contributed by atoms with van der Waals surface area (Å²) in [5, 5.41) is 10.3. The summed E-state index contributed by atoms with van der Waals surface area (Å²) in [6.07, 6.45) is -0.606. The standard InChI is InChI=1S/C27H36N3O9P/c1-26(2,3)24(33)36-16-35-22-21(18(15-31)37-23(22)29-14-12-20(32)28-25(29)34)38-40-30-13-8-11-19(30)27(4,39-40)17-9-6-5-7-10-17/h5-7,9-10,12,14,18-19,21-23,31H,8,11,13,15-16H2,1-4H3,(H,28,32,34)/t18-,19+,21?,22+,23-,27-,40-/m1/s1. The highest BCUT2D eigenvalue weighted by atomic mass is 31.2. The largest absolute Gasteiger partial charge is 0.438 e. The van der Waals surface area contributed by atoms with Gasteiger partial charge in [-0.15, -0.1) is 0 Å². The minimum Gasteiger partial charge on any atom is -0.438 e. The van der Waals surface area contributed by atoms with Crippen LogP contribution in [0.15, 0.2) is 52.2 Å². The van der Waals surface area contributed by atoms with Crippen LogP contribution in [-0.2, 0) is 33.7 Å². The summed E-state index contributed by atoms with van der Waals surface area (Å²) >= 11 is 0. The maximum atomic E-state index is 12.7. The summed E-state index contributed by atoms with van der Waals surface area (Å²) in [5.74, 6) is -0.470. The third-order valence-electron chi connectivity index (χ3n) is 7.55. The van der Waals surface area contributed by atoms with Crippen LogP contribution in [0.5, 0.6) is 0 Å². The number of nitrogens with one attached hydrogen (secondary N) is 1. The molecular weight excluding hydrogens is 541 g/mol. The second-order valence-electron chi connectivity index (χ2n) is 11.4. The molecule has 0 aliphatic carbocycles. The van der Waals surface area contributed by atoms with Crippen LogP contribution in [0.2, 0.25) is 0 Å². The Kier molecular flexibility index (Phi) is 8.32. The summed E-state index contributed by atoms with van der Waals surface area (Å²) in [6.45, 7) is 7.16. The molecule has 0 bridgehead atoms. The number of carbonyl (C=O) groups excluding carboxylic acids is 1. The number of aliphatic hydroxyl groups is 1. The number of nitrogens with zero attached hydrogens (tertiary/aromatic N) is 2. The van der Waals surface area contributed by atoms with Crippen LogP contribution in [-0.4, -0.2) is 69.6 Å². The van der Waals surface area contributed by atoms with E-state index in [1.165, 1.54) is 16.8 Å². The summed E-state index contributed by atoms with van der Waals surface area (Å²) < 4.78 is 34.0. The molecular formula is C27H36N3O9P. The Bertz CT molecular complexity index is 1310. The molecule has 0 radical (unpaired) electrons. The van der Waals surface area contributed by atoms with E-state index in [9.17, 15) is 19.5 Å². The smallest absolute Gasteiger partial charge is 0.330 e. The summed E-state index contributed by atoms with van der Waals surface area (Å²) in [7, 11) is -1.60. The van der Waals surface area contributed by atoms with Gasteiger partial charge in [-0.3, -0.25) is 19.1 Å². The summed E-state index contributed by atoms with van der Waals surface area (Å²) in [5.41, 5.74) is -1.59. The number of hydrogen-bond donors (Lipinski definition) is 2. The van der Waals surface area contributed by atoms with E-state index in [2.05, 4.69) is 16.6 Å². The molecule has 4 heterocycles. The van der Waals surface area contributed by atoms with E-state index in [1.54, 1.807) is 20.8 Å². The third kappa shape index (κ3) is 5.54. The fourth-order valence-electron chi connectivity index (χ4n) is 5.38. The predicted octanol–water partition coefficient (Wildman–Crippen LogP) is 2.38. The van der Waals surface area contributed by atoms with Crippen LogP contribution in [0.4, 0.5) is 0 Å². The Labute approximate surface area is 233 Å². The van der Waals surface area contributed by atoms with Crippen molar-refractivity contribution in [1.82, 2.24) is 14.2 Å². The van der Waals surface area contributed by atoms with Crippen molar-refractivity contribution < 1.29 is 33.2 Å². The number of fused-ring (bicyclic) bond motifs is 1. The molecule has 1 aromatic carbocycles. The van der Waals surface area contributed by atoms with Gasteiger partial charge in [0.2, 0.25) is 0 Å². The Balaban J connectivity index is 1.43. The van der Waals surface area contributed by atoms with E-state index in [0.717, 1.165) is 24.9 Å². The van der Waals surface area contributed by atoms with Crippen molar-refractivity contribution in [1.29, 1.82) is 0 Å². The maximum Gasteiger partial charge on any atom is 0.330 e. The number of aromatic amines is 1. The molecule has 0 spiro atoms. The lowest BCUT2D eigenvalue weighted by atomic mass is 9.87. The molecule has 2 aromatic rings. The monoisotopic (exact) mass is 577 g/mol. The van der Waals surface area contributed by atoms with Crippen molar-refractivity contribution in [3.05, 3.63) is 69.0 Å². The lowest BCUT2D eigenvalue weighted by molar-refractivity contribution is -0.178. The SMILES string of the molecule is CC(C)(C)C(=O)OCO[C@H]1C(O[P@]2O[C@](C)(c3ccccc3)[C@@H]3CCCN32)[C@@H](CO)O[C@H]1n1ccc(=O)[nH]c1=O. The van der Waals surface area contributed by atoms with E-state index in [1.807, 2.05) is 30.3 Å². The highest BCUT2D eigenvalue weighted by Crippen LogP contribution is 2.64. The molecule has 218 valence electrons. The number of aromatic nitrogens is 2. The van der Waals surface area contributed by atoms with Gasteiger partial charge in [-0.25, -0.2) is 9.46 Å². The topological polar surface area (TPSA) is 142 Å². The Hall–Kier alpha value is -2.44. The molecule has 2 N–H and O–H groups in total. The first kappa shape index (κ1) is 29.1. The number of esters is 1. The molecule has 40 heavy (non-hydrogen) atoms. The lowest BCUT2D eigenvalue weighted by Crippen LogP contribution is -2.41. The first-order valence-corrected chi connectivity index (χ1v) is 14.5. The minimum absolute atomic E-state index is 0.0978. The zero-order chi connectivity index (χ0) is 28.7. The van der Waals surface area contributed by atoms with Gasteiger partial charge in [0.1, 0.15) is 23.9 Å². The van der Waals surface area contributed by atoms with Gasteiger partial charge in [-0.2, -0.15) is 0 Å². The van der Waals surface area contributed by atoms with Crippen LogP contribution >= 0.6 is 8.53 Å². The Morgan fingerprint density at radius 2 is 1.95 bits per heavy atom. The molecule has 1 unspecified atom stereocenters. The molecule has 3 fully saturated rings. The predicted molar refractivity (Wildman–Crippen MR) is 144 cm³/mol. The molecule has 3 aliphatic rings. The van der Waals surface area contributed by atoms with E-state index in [4.69, 9.17) is 23.3 Å². The second-order valence-corrected chi connectivity index (χ2v) is 12.8. The number of H-pyrrole nitrogens is 1. The summed E-state index contributed by atoms with van der Waals surface area (Å²) in [6, 6.07) is 11.3. The van der Waals surface area contributed by atoms with Gasteiger partial charge < -0.3 is 28.4 Å². The number of benzene rings is 1. The normalized spacial score (nSPS) is 32.3. The average Bonchev–Trinajstić information content (AvgIpc) is 3.60. The van der Waals surface area contributed by atoms with Gasteiger partial charge in [0.25, 0.3) is 14.1 Å². The molecule has 3 aliphatic heterocycles. The molecule has 12 nitrogen and oxygen atoms in total. The number of hydrogen-bond acceptors (Lipinski definition) is 10.